The summed E-state index contributed by atoms with van der Waals surface area (Å²) in [4.78, 5) is 21.7. The number of aryl methyl sites for hydroxylation is 2. The minimum absolute atomic E-state index is 0.208. The molecular weight excluding hydrogens is 358 g/mol. The number of carbonyl (C=O) groups is 1. The van der Waals surface area contributed by atoms with Crippen LogP contribution in [0.1, 0.15) is 10.4 Å². The number of nitrogens with zero attached hydrogens (tertiary/aromatic N) is 4. The quantitative estimate of drug-likeness (QED) is 0.546. The Morgan fingerprint density at radius 3 is 2.77 bits per heavy atom. The molecule has 1 amide bonds. The van der Waals surface area contributed by atoms with E-state index in [2.05, 4.69) is 34.0 Å². The van der Waals surface area contributed by atoms with Gasteiger partial charge in [-0.2, -0.15) is 0 Å². The van der Waals surface area contributed by atoms with Crippen molar-refractivity contribution in [2.75, 3.05) is 5.75 Å². The number of fused-ring (bicyclic) bond motifs is 1. The van der Waals surface area contributed by atoms with Crippen LogP contribution in [-0.4, -0.2) is 31.8 Å². The van der Waals surface area contributed by atoms with Crippen molar-refractivity contribution >= 4 is 62.3 Å². The summed E-state index contributed by atoms with van der Waals surface area (Å²) in [6, 6.07) is 0. The van der Waals surface area contributed by atoms with E-state index in [-0.39, 0.29) is 11.7 Å². The van der Waals surface area contributed by atoms with Gasteiger partial charge in [0.05, 0.1) is 5.75 Å². The van der Waals surface area contributed by atoms with Crippen LogP contribution in [0.3, 0.4) is 0 Å². The molecule has 0 fully saturated rings. The first-order valence-corrected chi connectivity index (χ1v) is 9.61. The monoisotopic (exact) mass is 369 g/mol. The summed E-state index contributed by atoms with van der Waals surface area (Å²) in [6.45, 7) is 4.16. The predicted molar refractivity (Wildman–Crippen MR) is 90.8 cm³/mol. The van der Waals surface area contributed by atoms with Gasteiger partial charge in [-0.25, -0.2) is 9.97 Å². The minimum atomic E-state index is -0.365. The number of rotatable bonds is 5. The molecule has 0 spiro atoms. The van der Waals surface area contributed by atoms with Crippen molar-refractivity contribution in [3.05, 3.63) is 16.8 Å². The Hall–Kier alpha value is -1.23. The van der Waals surface area contributed by atoms with Crippen LogP contribution in [0, 0.1) is 13.8 Å². The number of carbonyl (C=O) groups excluding carboxylic acids is 1. The molecule has 3 heterocycles. The highest BCUT2D eigenvalue weighted by Crippen LogP contribution is 2.39. The van der Waals surface area contributed by atoms with Crippen molar-refractivity contribution in [1.82, 2.24) is 20.2 Å². The molecule has 0 aliphatic rings. The first-order valence-electron chi connectivity index (χ1n) is 6.17. The van der Waals surface area contributed by atoms with Gasteiger partial charge >= 0.3 is 0 Å². The molecule has 114 valence electrons. The highest BCUT2D eigenvalue weighted by Gasteiger charge is 2.15. The van der Waals surface area contributed by atoms with Crippen LogP contribution in [0.25, 0.3) is 10.2 Å². The Bertz CT molecular complexity index is 843. The first-order chi connectivity index (χ1) is 10.5. The van der Waals surface area contributed by atoms with E-state index in [0.29, 0.717) is 0 Å². The number of thioether (sulfide) groups is 1. The number of hydrogen-bond donors (Lipinski definition) is 1. The van der Waals surface area contributed by atoms with E-state index >= 15 is 0 Å². The van der Waals surface area contributed by atoms with Crippen LogP contribution in [0.15, 0.2) is 20.0 Å². The number of amides is 1. The lowest BCUT2D eigenvalue weighted by Gasteiger charge is -1.99. The van der Waals surface area contributed by atoms with E-state index in [1.165, 1.54) is 45.3 Å². The molecule has 0 aliphatic heterocycles. The number of aromatic nitrogens is 4. The summed E-state index contributed by atoms with van der Waals surface area (Å²) in [5, 5.41) is 10.2. The van der Waals surface area contributed by atoms with Gasteiger partial charge in [0.2, 0.25) is 5.91 Å². The lowest BCUT2D eigenvalue weighted by Crippen LogP contribution is -2.12. The molecule has 0 atom stereocenters. The average molecular weight is 370 g/mol. The molecule has 0 bridgehead atoms. The van der Waals surface area contributed by atoms with Gasteiger partial charge < -0.3 is 5.73 Å². The van der Waals surface area contributed by atoms with Crippen LogP contribution >= 0.6 is 46.2 Å². The lowest BCUT2D eigenvalue weighted by atomic mass is 10.2. The van der Waals surface area contributed by atoms with Crippen LogP contribution in [0.2, 0.25) is 0 Å². The van der Waals surface area contributed by atoms with Crippen molar-refractivity contribution in [2.24, 2.45) is 5.73 Å². The van der Waals surface area contributed by atoms with Gasteiger partial charge in [-0.3, -0.25) is 4.79 Å². The lowest BCUT2D eigenvalue weighted by molar-refractivity contribution is -0.115. The largest absolute Gasteiger partial charge is 0.369 e. The standard InChI is InChI=1S/C12H11N5OS4/c1-5-6(2)20-9-8(5)10(15-4-14-9)21-12-17-16-11(22-12)19-3-7(13)18/h4H,3H2,1-2H3,(H2,13,18). The van der Waals surface area contributed by atoms with E-state index in [1.807, 2.05) is 0 Å². The third-order valence-electron chi connectivity index (χ3n) is 2.84. The molecule has 10 heteroatoms. The maximum absolute atomic E-state index is 10.8. The summed E-state index contributed by atoms with van der Waals surface area (Å²) in [5.74, 6) is -0.156. The Morgan fingerprint density at radius 2 is 2.00 bits per heavy atom. The molecule has 0 saturated carbocycles. The van der Waals surface area contributed by atoms with Crippen LogP contribution in [0.5, 0.6) is 0 Å². The normalized spacial score (nSPS) is 11.2. The van der Waals surface area contributed by atoms with E-state index < -0.39 is 0 Å². The topological polar surface area (TPSA) is 94.7 Å². The van der Waals surface area contributed by atoms with Crippen LogP contribution < -0.4 is 5.73 Å². The van der Waals surface area contributed by atoms with E-state index in [9.17, 15) is 4.79 Å². The smallest absolute Gasteiger partial charge is 0.227 e. The van der Waals surface area contributed by atoms with E-state index in [4.69, 9.17) is 5.73 Å². The zero-order valence-electron chi connectivity index (χ0n) is 11.7. The molecule has 0 aliphatic carbocycles. The molecule has 2 N–H and O–H groups in total. The van der Waals surface area contributed by atoms with Crippen molar-refractivity contribution in [1.29, 1.82) is 0 Å². The highest BCUT2D eigenvalue weighted by molar-refractivity contribution is 8.03. The number of primary amides is 1. The Kier molecular flexibility index (Phi) is 4.62. The van der Waals surface area contributed by atoms with Gasteiger partial charge in [0.1, 0.15) is 16.2 Å². The van der Waals surface area contributed by atoms with E-state index in [0.717, 1.165) is 23.9 Å². The zero-order chi connectivity index (χ0) is 15.7. The average Bonchev–Trinajstić information content (AvgIpc) is 3.03. The van der Waals surface area contributed by atoms with Crippen LogP contribution in [-0.2, 0) is 4.79 Å². The third kappa shape index (κ3) is 3.24. The van der Waals surface area contributed by atoms with Gasteiger partial charge in [0.25, 0.3) is 0 Å². The van der Waals surface area contributed by atoms with Gasteiger partial charge in [0, 0.05) is 10.3 Å². The number of nitrogens with two attached hydrogens (primary N) is 1. The molecule has 0 unspecified atom stereocenters. The fourth-order valence-electron chi connectivity index (χ4n) is 1.74. The van der Waals surface area contributed by atoms with Gasteiger partial charge in [0.15, 0.2) is 8.68 Å². The molecule has 0 radical (unpaired) electrons. The SMILES string of the molecule is Cc1sc2ncnc(Sc3nnc(SCC(N)=O)s3)c2c1C. The van der Waals surface area contributed by atoms with Gasteiger partial charge in [-0.05, 0) is 31.2 Å². The summed E-state index contributed by atoms with van der Waals surface area (Å²) in [5.41, 5.74) is 6.33. The number of hydrogen-bond acceptors (Lipinski definition) is 9. The maximum atomic E-state index is 10.8. The Labute approximate surface area is 143 Å². The fraction of sp³-hybridized carbons (Fsp3) is 0.250. The second-order valence-corrected chi connectivity index (χ2v) is 8.97. The molecule has 3 rings (SSSR count). The van der Waals surface area contributed by atoms with Crippen molar-refractivity contribution in [3.8, 4) is 0 Å². The fourth-order valence-corrected chi connectivity index (χ4v) is 5.62. The zero-order valence-corrected chi connectivity index (χ0v) is 15.0. The first kappa shape index (κ1) is 15.7. The minimum Gasteiger partial charge on any atom is -0.369 e. The molecular formula is C12H11N5OS4. The predicted octanol–water partition coefficient (Wildman–Crippen LogP) is 2.89. The summed E-state index contributed by atoms with van der Waals surface area (Å²) in [6.07, 6.45) is 1.57. The molecule has 6 nitrogen and oxygen atoms in total. The van der Waals surface area contributed by atoms with Crippen molar-refractivity contribution in [2.45, 2.75) is 27.6 Å². The molecule has 3 aromatic rings. The highest BCUT2D eigenvalue weighted by atomic mass is 32.2. The molecule has 0 aromatic carbocycles. The van der Waals surface area contributed by atoms with Crippen molar-refractivity contribution < 1.29 is 4.79 Å². The molecule has 3 aromatic heterocycles. The summed E-state index contributed by atoms with van der Waals surface area (Å²) >= 11 is 5.87. The second-order valence-electron chi connectivity index (χ2n) is 4.33. The van der Waals surface area contributed by atoms with Crippen molar-refractivity contribution in [3.63, 3.8) is 0 Å². The summed E-state index contributed by atoms with van der Waals surface area (Å²) < 4.78 is 1.51. The summed E-state index contributed by atoms with van der Waals surface area (Å²) in [7, 11) is 0. The number of thiophene rings is 1. The Balaban J connectivity index is 1.86. The maximum Gasteiger partial charge on any atom is 0.227 e. The third-order valence-corrected chi connectivity index (χ3v) is 7.09. The molecule has 0 saturated heterocycles. The van der Waals surface area contributed by atoms with Crippen LogP contribution in [0.4, 0.5) is 0 Å². The van der Waals surface area contributed by atoms with Gasteiger partial charge in [-0.15, -0.1) is 21.5 Å². The van der Waals surface area contributed by atoms with E-state index in [1.54, 1.807) is 17.7 Å². The Morgan fingerprint density at radius 1 is 1.23 bits per heavy atom. The molecule has 22 heavy (non-hydrogen) atoms. The second kappa shape index (κ2) is 6.49. The van der Waals surface area contributed by atoms with Gasteiger partial charge in [-0.1, -0.05) is 23.1 Å².